The third-order valence-electron chi connectivity index (χ3n) is 3.10. The van der Waals surface area contributed by atoms with E-state index in [0.29, 0.717) is 28.8 Å². The summed E-state index contributed by atoms with van der Waals surface area (Å²) in [5.41, 5.74) is 1.35. The van der Waals surface area contributed by atoms with Gasteiger partial charge in [0.15, 0.2) is 11.5 Å². The third kappa shape index (κ3) is 3.31. The summed E-state index contributed by atoms with van der Waals surface area (Å²) in [4.78, 5) is 11.9. The highest BCUT2D eigenvalue weighted by molar-refractivity contribution is 6.32. The summed E-state index contributed by atoms with van der Waals surface area (Å²) in [6.45, 7) is 0.458. The van der Waals surface area contributed by atoms with Crippen molar-refractivity contribution in [1.82, 2.24) is 4.57 Å². The van der Waals surface area contributed by atoms with Crippen molar-refractivity contribution in [3.8, 4) is 11.5 Å². The molecule has 2 rings (SSSR count). The minimum atomic E-state index is -0.0796. The summed E-state index contributed by atoms with van der Waals surface area (Å²) < 4.78 is 12.0. The average Bonchev–Trinajstić information content (AvgIpc) is 2.48. The van der Waals surface area contributed by atoms with Crippen LogP contribution in [-0.4, -0.2) is 18.8 Å². The Morgan fingerprint density at radius 3 is 2.71 bits per heavy atom. The number of aromatic nitrogens is 1. The van der Waals surface area contributed by atoms with E-state index in [9.17, 15) is 4.79 Å². The first-order valence-electron chi connectivity index (χ1n) is 6.36. The number of rotatable bonds is 5. The molecule has 0 bridgehead atoms. The number of aryl methyl sites for hydroxylation is 1. The summed E-state index contributed by atoms with van der Waals surface area (Å²) in [5.74, 6) is 1.06. The van der Waals surface area contributed by atoms with Gasteiger partial charge in [0.1, 0.15) is 5.69 Å². The normalized spacial score (nSPS) is 10.3. The maximum atomic E-state index is 11.9. The lowest BCUT2D eigenvalue weighted by Gasteiger charge is -2.12. The Bertz CT molecular complexity index is 698. The molecule has 0 atom stereocenters. The van der Waals surface area contributed by atoms with Crippen LogP contribution in [0.5, 0.6) is 11.5 Å². The monoisotopic (exact) mass is 308 g/mol. The molecule has 0 unspecified atom stereocenters. The largest absolute Gasteiger partial charge is 0.493 e. The third-order valence-corrected chi connectivity index (χ3v) is 3.38. The molecule has 112 valence electrons. The SMILES string of the molecule is COc1cc(CNc2cccn(C)c2=O)cc(Cl)c1OC. The quantitative estimate of drug-likeness (QED) is 0.922. The molecule has 0 saturated heterocycles. The Morgan fingerprint density at radius 2 is 2.05 bits per heavy atom. The van der Waals surface area contributed by atoms with Gasteiger partial charge in [-0.25, -0.2) is 0 Å². The Morgan fingerprint density at radius 1 is 1.29 bits per heavy atom. The molecule has 1 aromatic heterocycles. The lowest BCUT2D eigenvalue weighted by Crippen LogP contribution is -2.20. The van der Waals surface area contributed by atoms with E-state index < -0.39 is 0 Å². The molecule has 2 aromatic rings. The van der Waals surface area contributed by atoms with Gasteiger partial charge >= 0.3 is 0 Å². The lowest BCUT2D eigenvalue weighted by atomic mass is 10.2. The summed E-state index contributed by atoms with van der Waals surface area (Å²) in [5, 5.41) is 3.56. The first-order chi connectivity index (χ1) is 10.1. The van der Waals surface area contributed by atoms with Crippen LogP contribution in [0.15, 0.2) is 35.3 Å². The Labute approximate surface area is 128 Å². The number of halogens is 1. The molecule has 1 aromatic carbocycles. The van der Waals surface area contributed by atoms with Crippen molar-refractivity contribution in [3.05, 3.63) is 51.4 Å². The standard InChI is InChI=1S/C15H17ClN2O3/c1-18-6-4-5-12(15(18)19)17-9-10-7-11(16)14(21-3)13(8-10)20-2/h4-8,17H,9H2,1-3H3. The van der Waals surface area contributed by atoms with Crippen molar-refractivity contribution >= 4 is 17.3 Å². The van der Waals surface area contributed by atoms with Crippen LogP contribution in [0.2, 0.25) is 5.02 Å². The fraction of sp³-hybridized carbons (Fsp3) is 0.267. The van der Waals surface area contributed by atoms with Crippen molar-refractivity contribution in [3.63, 3.8) is 0 Å². The molecule has 0 amide bonds. The maximum Gasteiger partial charge on any atom is 0.273 e. The predicted octanol–water partition coefficient (Wildman–Crippen LogP) is 2.67. The van der Waals surface area contributed by atoms with Crippen molar-refractivity contribution < 1.29 is 9.47 Å². The lowest BCUT2D eigenvalue weighted by molar-refractivity contribution is 0.355. The zero-order valence-corrected chi connectivity index (χ0v) is 12.9. The van der Waals surface area contributed by atoms with E-state index in [1.807, 2.05) is 12.1 Å². The summed E-state index contributed by atoms with van der Waals surface area (Å²) >= 11 is 6.15. The number of benzene rings is 1. The molecular formula is C15H17ClN2O3. The molecule has 6 heteroatoms. The fourth-order valence-electron chi connectivity index (χ4n) is 2.00. The maximum absolute atomic E-state index is 11.9. The molecule has 0 aliphatic carbocycles. The second kappa shape index (κ2) is 6.54. The molecule has 0 aliphatic rings. The van der Waals surface area contributed by atoms with Gasteiger partial charge in [-0.1, -0.05) is 11.6 Å². The average molecular weight is 309 g/mol. The van der Waals surface area contributed by atoms with E-state index in [1.165, 1.54) is 11.7 Å². The summed E-state index contributed by atoms with van der Waals surface area (Å²) in [6.07, 6.45) is 1.71. The van der Waals surface area contributed by atoms with Gasteiger partial charge in [-0.3, -0.25) is 4.79 Å². The number of nitrogens with zero attached hydrogens (tertiary/aromatic N) is 1. The van der Waals surface area contributed by atoms with Crippen molar-refractivity contribution in [1.29, 1.82) is 0 Å². The Balaban J connectivity index is 2.22. The highest BCUT2D eigenvalue weighted by Gasteiger charge is 2.11. The van der Waals surface area contributed by atoms with Crippen LogP contribution in [0.4, 0.5) is 5.69 Å². The van der Waals surface area contributed by atoms with Gasteiger partial charge in [-0.2, -0.15) is 0 Å². The molecule has 0 fully saturated rings. The number of hydrogen-bond acceptors (Lipinski definition) is 4. The fourth-order valence-corrected chi connectivity index (χ4v) is 2.31. The van der Waals surface area contributed by atoms with Gasteiger partial charge in [0.2, 0.25) is 0 Å². The van der Waals surface area contributed by atoms with Crippen LogP contribution >= 0.6 is 11.6 Å². The Hall–Kier alpha value is -2.14. The van der Waals surface area contributed by atoms with Gasteiger partial charge in [0.25, 0.3) is 5.56 Å². The predicted molar refractivity (Wildman–Crippen MR) is 83.6 cm³/mol. The zero-order valence-electron chi connectivity index (χ0n) is 12.1. The molecule has 0 saturated carbocycles. The first-order valence-corrected chi connectivity index (χ1v) is 6.74. The first kappa shape index (κ1) is 15.3. The van der Waals surface area contributed by atoms with Crippen molar-refractivity contribution in [2.24, 2.45) is 7.05 Å². The highest BCUT2D eigenvalue weighted by Crippen LogP contribution is 2.36. The summed E-state index contributed by atoms with van der Waals surface area (Å²) in [7, 11) is 4.80. The highest BCUT2D eigenvalue weighted by atomic mass is 35.5. The van der Waals surface area contributed by atoms with Gasteiger partial charge in [0, 0.05) is 19.8 Å². The van der Waals surface area contributed by atoms with E-state index >= 15 is 0 Å². The van der Waals surface area contributed by atoms with Crippen LogP contribution < -0.4 is 20.3 Å². The van der Waals surface area contributed by atoms with E-state index in [-0.39, 0.29) is 5.56 Å². The molecule has 0 spiro atoms. The Kier molecular flexibility index (Phi) is 4.75. The molecule has 0 aliphatic heterocycles. The van der Waals surface area contributed by atoms with Gasteiger partial charge in [0.05, 0.1) is 19.2 Å². The number of nitrogens with one attached hydrogen (secondary N) is 1. The molecular weight excluding hydrogens is 292 g/mol. The number of hydrogen-bond donors (Lipinski definition) is 1. The summed E-state index contributed by atoms with van der Waals surface area (Å²) in [6, 6.07) is 7.16. The second-order valence-electron chi connectivity index (χ2n) is 4.50. The number of anilines is 1. The van der Waals surface area contributed by atoms with Crippen LogP contribution in [0.1, 0.15) is 5.56 Å². The molecule has 1 heterocycles. The van der Waals surface area contributed by atoms with Crippen LogP contribution in [-0.2, 0) is 13.6 Å². The van der Waals surface area contributed by atoms with E-state index in [4.69, 9.17) is 21.1 Å². The minimum absolute atomic E-state index is 0.0796. The number of methoxy groups -OCH3 is 2. The van der Waals surface area contributed by atoms with Crippen molar-refractivity contribution in [2.75, 3.05) is 19.5 Å². The molecule has 1 N–H and O–H groups in total. The molecule has 21 heavy (non-hydrogen) atoms. The van der Waals surface area contributed by atoms with Crippen LogP contribution in [0, 0.1) is 0 Å². The molecule has 0 radical (unpaired) electrons. The molecule has 5 nitrogen and oxygen atoms in total. The second-order valence-corrected chi connectivity index (χ2v) is 4.91. The van der Waals surface area contributed by atoms with Crippen LogP contribution in [0.3, 0.4) is 0 Å². The van der Waals surface area contributed by atoms with Gasteiger partial charge in [-0.15, -0.1) is 0 Å². The number of ether oxygens (including phenoxy) is 2. The van der Waals surface area contributed by atoms with Gasteiger partial charge in [-0.05, 0) is 29.8 Å². The topological polar surface area (TPSA) is 52.5 Å². The van der Waals surface area contributed by atoms with Gasteiger partial charge < -0.3 is 19.4 Å². The smallest absolute Gasteiger partial charge is 0.273 e. The van der Waals surface area contributed by atoms with E-state index in [1.54, 1.807) is 32.5 Å². The van der Waals surface area contributed by atoms with Crippen LogP contribution in [0.25, 0.3) is 0 Å². The minimum Gasteiger partial charge on any atom is -0.493 e. The number of pyridine rings is 1. The zero-order chi connectivity index (χ0) is 15.4. The van der Waals surface area contributed by atoms with E-state index in [2.05, 4.69) is 5.32 Å². The van der Waals surface area contributed by atoms with Crippen molar-refractivity contribution in [2.45, 2.75) is 6.54 Å². The van der Waals surface area contributed by atoms with E-state index in [0.717, 1.165) is 5.56 Å².